The van der Waals surface area contributed by atoms with E-state index >= 15 is 0 Å². The molecule has 0 aliphatic carbocycles. The number of aliphatic hydroxyl groups is 1. The van der Waals surface area contributed by atoms with Gasteiger partial charge in [0.2, 0.25) is 0 Å². The summed E-state index contributed by atoms with van der Waals surface area (Å²) in [6, 6.07) is 1.21. The van der Waals surface area contributed by atoms with Crippen LogP contribution in [0.2, 0.25) is 0 Å². The predicted octanol–water partition coefficient (Wildman–Crippen LogP) is 3.79. The second-order valence-electron chi connectivity index (χ2n) is 7.91. The van der Waals surface area contributed by atoms with E-state index < -0.39 is 27.4 Å². The molecule has 0 aliphatic heterocycles. The van der Waals surface area contributed by atoms with E-state index in [4.69, 9.17) is 0 Å². The molecule has 1 unspecified atom stereocenters. The highest BCUT2D eigenvalue weighted by molar-refractivity contribution is 8.06. The summed E-state index contributed by atoms with van der Waals surface area (Å²) in [6.45, 7) is 7.92. The fourth-order valence-electron chi connectivity index (χ4n) is 3.34. The van der Waals surface area contributed by atoms with Crippen LogP contribution >= 0.6 is 0 Å². The fraction of sp³-hybridized carbons (Fsp3) is 0.435. The van der Waals surface area contributed by atoms with Crippen LogP contribution in [-0.2, 0) is 22.8 Å². The van der Waals surface area contributed by atoms with Gasteiger partial charge < -0.3 is 15.0 Å². The summed E-state index contributed by atoms with van der Waals surface area (Å²) >= 11 is 0. The molecule has 0 bridgehead atoms. The molecule has 0 aliphatic rings. The molecule has 186 valence electrons. The Kier molecular flexibility index (Phi) is 8.84. The van der Waals surface area contributed by atoms with E-state index in [-0.39, 0.29) is 23.1 Å². The number of hydrogen-bond donors (Lipinski definition) is 2. The number of aliphatic hydroxyl groups excluding tert-OH is 1. The van der Waals surface area contributed by atoms with Crippen molar-refractivity contribution < 1.29 is 22.3 Å². The van der Waals surface area contributed by atoms with Crippen LogP contribution < -0.4 is 5.32 Å². The summed E-state index contributed by atoms with van der Waals surface area (Å²) < 4.78 is 54.9. The molecule has 0 fully saturated rings. The van der Waals surface area contributed by atoms with E-state index in [1.807, 2.05) is 0 Å². The standard InChI is InChI=1S/C23H31F2N5O3S/c1-7-17(31)10-9-16(12-26-5)13-28-22(34(32,33)8-2)15(3)21-29-18-11-20(23(4,24)25)27-14-19(18)30(21)6/h7,9-11,14-15,26,31H,1,8,12-13H2,2-6H3/b16-9+,17-10+,28-22?. The maximum atomic E-state index is 13.7. The quantitative estimate of drug-likeness (QED) is 0.225. The maximum Gasteiger partial charge on any atom is 0.287 e. The van der Waals surface area contributed by atoms with Crippen molar-refractivity contribution in [3.8, 4) is 0 Å². The van der Waals surface area contributed by atoms with Crippen molar-refractivity contribution in [2.75, 3.05) is 25.9 Å². The van der Waals surface area contributed by atoms with Gasteiger partial charge in [-0.1, -0.05) is 19.6 Å². The van der Waals surface area contributed by atoms with Gasteiger partial charge in [-0.25, -0.2) is 13.4 Å². The SMILES string of the molecule is C=C/C(O)=C\C=C(\CN=C(C(C)c1nc2cc(C(C)(F)F)ncc2n1C)S(=O)(=O)CC)CNC. The van der Waals surface area contributed by atoms with Gasteiger partial charge in [-0.05, 0) is 37.8 Å². The average molecular weight is 496 g/mol. The van der Waals surface area contributed by atoms with Crippen LogP contribution in [0, 0.1) is 0 Å². The Bertz CT molecular complexity index is 1240. The number of halogens is 2. The zero-order valence-electron chi connectivity index (χ0n) is 20.0. The topological polar surface area (TPSA) is 109 Å². The summed E-state index contributed by atoms with van der Waals surface area (Å²) in [5, 5.41) is 12.5. The number of rotatable bonds is 10. The molecule has 2 aromatic rings. The zero-order chi connectivity index (χ0) is 25.7. The molecule has 11 heteroatoms. The minimum Gasteiger partial charge on any atom is -0.508 e. The molecule has 1 atom stereocenters. The minimum absolute atomic E-state index is 0.0299. The molecule has 0 saturated carbocycles. The van der Waals surface area contributed by atoms with Crippen molar-refractivity contribution in [3.63, 3.8) is 0 Å². The highest BCUT2D eigenvalue weighted by Crippen LogP contribution is 2.29. The van der Waals surface area contributed by atoms with Gasteiger partial charge in [0, 0.05) is 20.5 Å². The predicted molar refractivity (Wildman–Crippen MR) is 131 cm³/mol. The number of hydrogen-bond acceptors (Lipinski definition) is 7. The lowest BCUT2D eigenvalue weighted by molar-refractivity contribution is 0.0129. The molecule has 0 saturated heterocycles. The van der Waals surface area contributed by atoms with Crippen LogP contribution in [0.1, 0.15) is 38.2 Å². The van der Waals surface area contributed by atoms with Crippen LogP contribution in [-0.4, -0.2) is 59.0 Å². The summed E-state index contributed by atoms with van der Waals surface area (Å²) in [6.07, 6.45) is 5.69. The van der Waals surface area contributed by atoms with Gasteiger partial charge in [-0.3, -0.25) is 9.98 Å². The Hall–Kier alpha value is -2.92. The van der Waals surface area contributed by atoms with Gasteiger partial charge in [-0.2, -0.15) is 8.78 Å². The van der Waals surface area contributed by atoms with Gasteiger partial charge in [0.25, 0.3) is 5.92 Å². The lowest BCUT2D eigenvalue weighted by atomic mass is 10.2. The normalized spacial score (nSPS) is 15.1. The van der Waals surface area contributed by atoms with Gasteiger partial charge >= 0.3 is 0 Å². The number of allylic oxidation sites excluding steroid dienone is 3. The third-order valence-electron chi connectivity index (χ3n) is 5.25. The second kappa shape index (κ2) is 11.0. The van der Waals surface area contributed by atoms with E-state index in [1.165, 1.54) is 31.3 Å². The number of aromatic nitrogens is 3. The number of likely N-dealkylation sites (N-methyl/N-ethyl adjacent to an activating group) is 1. The number of nitrogens with zero attached hydrogens (tertiary/aromatic N) is 4. The van der Waals surface area contributed by atoms with Crippen molar-refractivity contribution in [3.05, 3.63) is 59.9 Å². The zero-order valence-corrected chi connectivity index (χ0v) is 20.8. The van der Waals surface area contributed by atoms with Gasteiger partial charge in [0.15, 0.2) is 9.84 Å². The number of sulfone groups is 1. The van der Waals surface area contributed by atoms with Gasteiger partial charge in [-0.15, -0.1) is 0 Å². The number of alkyl halides is 2. The average Bonchev–Trinajstić information content (AvgIpc) is 3.12. The Morgan fingerprint density at radius 1 is 1.41 bits per heavy atom. The van der Waals surface area contributed by atoms with Crippen LogP contribution in [0.4, 0.5) is 8.78 Å². The molecule has 0 aromatic carbocycles. The van der Waals surface area contributed by atoms with Crippen molar-refractivity contribution >= 4 is 25.9 Å². The molecular weight excluding hydrogens is 464 g/mol. The third-order valence-corrected chi connectivity index (χ3v) is 7.13. The summed E-state index contributed by atoms with van der Waals surface area (Å²) in [7, 11) is -0.290. The number of fused-ring (bicyclic) bond motifs is 1. The molecule has 8 nitrogen and oxygen atoms in total. The fourth-order valence-corrected chi connectivity index (χ4v) is 4.54. The largest absolute Gasteiger partial charge is 0.508 e. The van der Waals surface area contributed by atoms with Crippen molar-refractivity contribution in [2.45, 2.75) is 32.6 Å². The minimum atomic E-state index is -3.71. The third kappa shape index (κ3) is 6.35. The van der Waals surface area contributed by atoms with E-state index in [9.17, 15) is 22.3 Å². The van der Waals surface area contributed by atoms with Crippen LogP contribution in [0.5, 0.6) is 0 Å². The first-order valence-corrected chi connectivity index (χ1v) is 12.3. The maximum absolute atomic E-state index is 13.7. The van der Waals surface area contributed by atoms with Gasteiger partial charge in [0.05, 0.1) is 35.4 Å². The first-order chi connectivity index (χ1) is 15.8. The van der Waals surface area contributed by atoms with E-state index in [0.29, 0.717) is 23.4 Å². The van der Waals surface area contributed by atoms with Crippen LogP contribution in [0.3, 0.4) is 0 Å². The number of aryl methyl sites for hydroxylation is 1. The number of pyridine rings is 1. The molecule has 34 heavy (non-hydrogen) atoms. The summed E-state index contributed by atoms with van der Waals surface area (Å²) in [5.74, 6) is -3.68. The Morgan fingerprint density at radius 2 is 2.09 bits per heavy atom. The van der Waals surface area contributed by atoms with Crippen molar-refractivity contribution in [2.24, 2.45) is 12.0 Å². The molecular formula is C23H31F2N5O3S. The first kappa shape index (κ1) is 27.3. The van der Waals surface area contributed by atoms with E-state index in [0.717, 1.165) is 12.5 Å². The van der Waals surface area contributed by atoms with Gasteiger partial charge in [0.1, 0.15) is 22.3 Å². The number of nitrogens with one attached hydrogen (secondary N) is 1. The molecule has 0 amide bonds. The van der Waals surface area contributed by atoms with Crippen LogP contribution in [0.15, 0.2) is 53.4 Å². The molecule has 0 spiro atoms. The lowest BCUT2D eigenvalue weighted by Crippen LogP contribution is -2.26. The number of imidazole rings is 1. The highest BCUT2D eigenvalue weighted by atomic mass is 32.2. The Labute approximate surface area is 198 Å². The summed E-state index contributed by atoms with van der Waals surface area (Å²) in [5.41, 5.74) is 1.12. The van der Waals surface area contributed by atoms with E-state index in [2.05, 4.69) is 26.9 Å². The smallest absolute Gasteiger partial charge is 0.287 e. The Balaban J connectivity index is 2.55. The lowest BCUT2D eigenvalue weighted by Gasteiger charge is -2.15. The molecule has 0 radical (unpaired) electrons. The molecule has 2 aromatic heterocycles. The first-order valence-electron chi connectivity index (χ1n) is 10.7. The molecule has 2 heterocycles. The highest BCUT2D eigenvalue weighted by Gasteiger charge is 2.30. The summed E-state index contributed by atoms with van der Waals surface area (Å²) in [4.78, 5) is 12.7. The van der Waals surface area contributed by atoms with Crippen LogP contribution in [0.25, 0.3) is 11.0 Å². The number of aliphatic imine (C=N–C) groups is 1. The Morgan fingerprint density at radius 3 is 2.65 bits per heavy atom. The molecule has 2 rings (SSSR count). The monoisotopic (exact) mass is 495 g/mol. The van der Waals surface area contributed by atoms with Crippen molar-refractivity contribution in [1.29, 1.82) is 0 Å². The van der Waals surface area contributed by atoms with E-state index in [1.54, 1.807) is 31.7 Å². The second-order valence-corrected chi connectivity index (χ2v) is 10.1. The van der Waals surface area contributed by atoms with Crippen molar-refractivity contribution in [1.82, 2.24) is 19.9 Å². The molecule has 2 N–H and O–H groups in total.